The van der Waals surface area contributed by atoms with Gasteiger partial charge in [-0.1, -0.05) is 236 Å². The van der Waals surface area contributed by atoms with Crippen LogP contribution in [0.25, 0.3) is 0 Å². The highest BCUT2D eigenvalue weighted by atomic mass is 16.6. The van der Waals surface area contributed by atoms with Crippen molar-refractivity contribution in [1.29, 1.82) is 0 Å². The third kappa shape index (κ3) is 53.7. The Bertz CT molecular complexity index is 1670. The fraction of sp³-hybridized carbons (Fsp3) is 0.516. The molecule has 0 aromatic carbocycles. The summed E-state index contributed by atoms with van der Waals surface area (Å²) in [6.45, 7) is 6.23. The molecule has 0 fully saturated rings. The quantitative estimate of drug-likeness (QED) is 0.0199. The van der Waals surface area contributed by atoms with Gasteiger partial charge in [-0.3, -0.25) is 14.4 Å². The summed E-state index contributed by atoms with van der Waals surface area (Å²) in [6, 6.07) is 0. The van der Waals surface area contributed by atoms with Gasteiger partial charge in [0.25, 0.3) is 0 Å². The van der Waals surface area contributed by atoms with E-state index in [0.717, 1.165) is 103 Å². The van der Waals surface area contributed by atoms with Gasteiger partial charge in [-0.2, -0.15) is 0 Å². The smallest absolute Gasteiger partial charge is 0.306 e. The standard InChI is InChI=1S/C64H96O6/c1-4-7-10-13-16-19-22-25-28-31-32-34-36-39-42-45-48-51-54-57-63(66)69-60-61(59-68-62(65)56-53-50-47-44-41-38-35-30-27-24-21-18-15-12-9-6-3)70-64(67)58-55-52-49-46-43-40-37-33-29-26-23-20-17-14-11-8-5-2/h7,9-10,12-13,16-22,25-32,34,36-37,39-40,42,46,49,61H,4-6,8,11,14-15,23-24,33,35,38,41,43-45,47-48,50-60H2,1-3H3/b10-7-,12-9-,16-13-,20-17-,21-18-,22-19-,28-25-,29-26-,30-27-,32-31+,36-34-,40-37-,42-39-,49-46-. The fourth-order valence-corrected chi connectivity index (χ4v) is 6.61. The summed E-state index contributed by atoms with van der Waals surface area (Å²) in [5.41, 5.74) is 0. The first-order valence-corrected chi connectivity index (χ1v) is 27.2. The largest absolute Gasteiger partial charge is 0.462 e. The molecule has 0 spiro atoms. The first kappa shape index (κ1) is 64.8. The average Bonchev–Trinajstić information content (AvgIpc) is 3.36. The van der Waals surface area contributed by atoms with Gasteiger partial charge in [-0.05, 0) is 109 Å². The van der Waals surface area contributed by atoms with Crippen LogP contribution in [0.15, 0.2) is 170 Å². The lowest BCUT2D eigenvalue weighted by molar-refractivity contribution is -0.167. The van der Waals surface area contributed by atoms with Gasteiger partial charge in [-0.15, -0.1) is 0 Å². The summed E-state index contributed by atoms with van der Waals surface area (Å²) in [5, 5.41) is 0. The van der Waals surface area contributed by atoms with Gasteiger partial charge in [-0.25, -0.2) is 0 Å². The van der Waals surface area contributed by atoms with E-state index in [1.165, 1.54) is 38.5 Å². The molecule has 0 N–H and O–H groups in total. The second-order valence-corrected chi connectivity index (χ2v) is 17.2. The SMILES string of the molecule is CC\C=C/C=C\C=C/C=C\C=C\C=C/C=C\CCCCCC(=O)OCC(COC(=O)CCCCCCCC/C=C\C/C=C\C/C=C\CC)OC(=O)CCC/C=C\C/C=C\C/C=C\C/C=C\CCCCC. The molecule has 1 unspecified atom stereocenters. The summed E-state index contributed by atoms with van der Waals surface area (Å²) in [5.74, 6) is -1.06. The maximum absolute atomic E-state index is 12.8. The number of allylic oxidation sites excluding steroid dienone is 28. The van der Waals surface area contributed by atoms with Gasteiger partial charge in [0.2, 0.25) is 0 Å². The van der Waals surface area contributed by atoms with Crippen LogP contribution in [0.5, 0.6) is 0 Å². The minimum atomic E-state index is -0.841. The van der Waals surface area contributed by atoms with E-state index < -0.39 is 6.10 Å². The Morgan fingerprint density at radius 3 is 1.10 bits per heavy atom. The summed E-state index contributed by atoms with van der Waals surface area (Å²) in [6.07, 6.45) is 83.3. The number of hydrogen-bond donors (Lipinski definition) is 0. The highest BCUT2D eigenvalue weighted by Crippen LogP contribution is 2.12. The van der Waals surface area contributed by atoms with Crippen LogP contribution in [0.1, 0.15) is 194 Å². The summed E-state index contributed by atoms with van der Waals surface area (Å²) < 4.78 is 16.7. The molecule has 0 heterocycles. The Labute approximate surface area is 428 Å². The number of carbonyl (C=O) groups is 3. The highest BCUT2D eigenvalue weighted by Gasteiger charge is 2.19. The van der Waals surface area contributed by atoms with Crippen molar-refractivity contribution in [1.82, 2.24) is 0 Å². The number of ether oxygens (including phenoxy) is 3. The van der Waals surface area contributed by atoms with E-state index in [1.807, 2.05) is 72.9 Å². The van der Waals surface area contributed by atoms with Crippen LogP contribution in [-0.4, -0.2) is 37.2 Å². The normalized spacial score (nSPS) is 13.5. The lowest BCUT2D eigenvalue weighted by Gasteiger charge is -2.18. The first-order chi connectivity index (χ1) is 34.5. The monoisotopic (exact) mass is 961 g/mol. The molecule has 0 bridgehead atoms. The van der Waals surface area contributed by atoms with Gasteiger partial charge in [0.15, 0.2) is 6.10 Å². The summed E-state index contributed by atoms with van der Waals surface area (Å²) in [4.78, 5) is 38.1. The Kier molecular flexibility index (Phi) is 52.1. The lowest BCUT2D eigenvalue weighted by atomic mass is 10.1. The molecule has 0 amide bonds. The molecule has 70 heavy (non-hydrogen) atoms. The van der Waals surface area contributed by atoms with Crippen LogP contribution >= 0.6 is 0 Å². The molecular weight excluding hydrogens is 865 g/mol. The molecule has 0 aromatic rings. The van der Waals surface area contributed by atoms with Gasteiger partial charge in [0.1, 0.15) is 13.2 Å². The van der Waals surface area contributed by atoms with Crippen molar-refractivity contribution in [2.24, 2.45) is 0 Å². The topological polar surface area (TPSA) is 78.9 Å². The number of carbonyl (C=O) groups excluding carboxylic acids is 3. The van der Waals surface area contributed by atoms with Gasteiger partial charge >= 0.3 is 17.9 Å². The van der Waals surface area contributed by atoms with Crippen molar-refractivity contribution in [2.45, 2.75) is 200 Å². The van der Waals surface area contributed by atoms with Crippen LogP contribution in [0.2, 0.25) is 0 Å². The van der Waals surface area contributed by atoms with Gasteiger partial charge < -0.3 is 14.2 Å². The lowest BCUT2D eigenvalue weighted by Crippen LogP contribution is -2.30. The second-order valence-electron chi connectivity index (χ2n) is 17.2. The highest BCUT2D eigenvalue weighted by molar-refractivity contribution is 5.71. The number of rotatable bonds is 46. The van der Waals surface area contributed by atoms with Crippen molar-refractivity contribution >= 4 is 17.9 Å². The molecule has 0 saturated carbocycles. The van der Waals surface area contributed by atoms with Crippen LogP contribution < -0.4 is 0 Å². The first-order valence-electron chi connectivity index (χ1n) is 27.2. The molecule has 0 aliphatic carbocycles. The summed E-state index contributed by atoms with van der Waals surface area (Å²) in [7, 11) is 0. The Morgan fingerprint density at radius 2 is 0.643 bits per heavy atom. The van der Waals surface area contributed by atoms with Crippen molar-refractivity contribution in [3.8, 4) is 0 Å². The third-order valence-corrected chi connectivity index (χ3v) is 10.6. The van der Waals surface area contributed by atoms with E-state index >= 15 is 0 Å². The molecule has 0 rings (SSSR count). The predicted molar refractivity (Wildman–Crippen MR) is 301 cm³/mol. The van der Waals surface area contributed by atoms with E-state index in [1.54, 1.807) is 0 Å². The minimum absolute atomic E-state index is 0.131. The van der Waals surface area contributed by atoms with Crippen LogP contribution in [-0.2, 0) is 28.6 Å². The zero-order chi connectivity index (χ0) is 50.7. The maximum Gasteiger partial charge on any atom is 0.306 e. The molecule has 6 heteroatoms. The number of hydrogen-bond acceptors (Lipinski definition) is 6. The maximum atomic E-state index is 12.8. The Balaban J connectivity index is 4.65. The Morgan fingerprint density at radius 1 is 0.314 bits per heavy atom. The number of esters is 3. The van der Waals surface area contributed by atoms with Gasteiger partial charge in [0, 0.05) is 19.3 Å². The predicted octanol–water partition coefficient (Wildman–Crippen LogP) is 18.4. The minimum Gasteiger partial charge on any atom is -0.462 e. The van der Waals surface area contributed by atoms with E-state index in [-0.39, 0.29) is 44.0 Å². The van der Waals surface area contributed by atoms with Crippen molar-refractivity contribution in [2.75, 3.05) is 13.2 Å². The second kappa shape index (κ2) is 56.4. The van der Waals surface area contributed by atoms with E-state index in [4.69, 9.17) is 14.2 Å². The van der Waals surface area contributed by atoms with Crippen molar-refractivity contribution < 1.29 is 28.6 Å². The van der Waals surface area contributed by atoms with E-state index in [0.29, 0.717) is 19.3 Å². The number of unbranched alkanes of at least 4 members (excludes halogenated alkanes) is 13. The van der Waals surface area contributed by atoms with Crippen molar-refractivity contribution in [3.63, 3.8) is 0 Å². The average molecular weight is 961 g/mol. The molecule has 388 valence electrons. The molecule has 1 atom stereocenters. The molecule has 6 nitrogen and oxygen atoms in total. The van der Waals surface area contributed by atoms with Crippen LogP contribution in [0.3, 0.4) is 0 Å². The zero-order valence-corrected chi connectivity index (χ0v) is 44.2. The van der Waals surface area contributed by atoms with Crippen LogP contribution in [0, 0.1) is 0 Å². The van der Waals surface area contributed by atoms with Crippen LogP contribution in [0.4, 0.5) is 0 Å². The van der Waals surface area contributed by atoms with E-state index in [2.05, 4.69) is 118 Å². The Hall–Kier alpha value is -5.23. The fourth-order valence-electron chi connectivity index (χ4n) is 6.61. The molecule has 0 radical (unpaired) electrons. The van der Waals surface area contributed by atoms with E-state index in [9.17, 15) is 14.4 Å². The van der Waals surface area contributed by atoms with Gasteiger partial charge in [0.05, 0.1) is 0 Å². The van der Waals surface area contributed by atoms with Crippen molar-refractivity contribution in [3.05, 3.63) is 170 Å². The third-order valence-electron chi connectivity index (χ3n) is 10.6. The zero-order valence-electron chi connectivity index (χ0n) is 44.2. The molecule has 0 saturated heterocycles. The molecular formula is C64H96O6. The molecule has 0 aliphatic heterocycles. The molecule has 0 aliphatic rings. The molecule has 0 aromatic heterocycles. The summed E-state index contributed by atoms with van der Waals surface area (Å²) >= 11 is 0.